The highest BCUT2D eigenvalue weighted by Gasteiger charge is 2.21. The molecular formula is C18H14FNO4. The second-order valence-electron chi connectivity index (χ2n) is 5.19. The van der Waals surface area contributed by atoms with Crippen molar-refractivity contribution in [3.63, 3.8) is 0 Å². The van der Waals surface area contributed by atoms with Crippen LogP contribution in [0.1, 0.15) is 17.5 Å². The summed E-state index contributed by atoms with van der Waals surface area (Å²) >= 11 is 0. The molecule has 122 valence electrons. The van der Waals surface area contributed by atoms with Crippen LogP contribution in [-0.4, -0.2) is 18.0 Å². The van der Waals surface area contributed by atoms with Crippen LogP contribution in [-0.2, 0) is 9.53 Å². The number of fused-ring (bicyclic) bond motifs is 1. The number of rotatable bonds is 4. The molecule has 1 heterocycles. The number of anilines is 1. The van der Waals surface area contributed by atoms with Gasteiger partial charge in [0.2, 0.25) is 5.76 Å². The van der Waals surface area contributed by atoms with Gasteiger partial charge < -0.3 is 14.5 Å². The maximum atomic E-state index is 12.8. The number of para-hydroxylation sites is 1. The van der Waals surface area contributed by atoms with E-state index in [0.717, 1.165) is 5.39 Å². The van der Waals surface area contributed by atoms with Gasteiger partial charge in [-0.2, -0.15) is 0 Å². The third kappa shape index (κ3) is 3.43. The number of halogens is 1. The fourth-order valence-corrected chi connectivity index (χ4v) is 2.13. The van der Waals surface area contributed by atoms with Gasteiger partial charge in [0.1, 0.15) is 11.4 Å². The summed E-state index contributed by atoms with van der Waals surface area (Å²) in [6.07, 6.45) is -1.03. The summed E-state index contributed by atoms with van der Waals surface area (Å²) in [6.45, 7) is 1.44. The van der Waals surface area contributed by atoms with Gasteiger partial charge in [-0.1, -0.05) is 18.2 Å². The van der Waals surface area contributed by atoms with Crippen LogP contribution in [0, 0.1) is 5.82 Å². The molecule has 0 aliphatic rings. The van der Waals surface area contributed by atoms with Crippen LogP contribution in [0.5, 0.6) is 0 Å². The van der Waals surface area contributed by atoms with E-state index in [0.29, 0.717) is 11.3 Å². The van der Waals surface area contributed by atoms with Crippen molar-refractivity contribution >= 4 is 28.5 Å². The third-order valence-corrected chi connectivity index (χ3v) is 3.39. The summed E-state index contributed by atoms with van der Waals surface area (Å²) in [5, 5.41) is 3.31. The normalized spacial score (nSPS) is 11.9. The summed E-state index contributed by atoms with van der Waals surface area (Å²) in [5.74, 6) is -1.63. The fraction of sp³-hybridized carbons (Fsp3) is 0.111. The van der Waals surface area contributed by atoms with Gasteiger partial charge in [-0.25, -0.2) is 9.18 Å². The zero-order valence-corrected chi connectivity index (χ0v) is 12.8. The first-order valence-corrected chi connectivity index (χ1v) is 7.29. The molecule has 0 radical (unpaired) electrons. The van der Waals surface area contributed by atoms with Crippen molar-refractivity contribution in [2.45, 2.75) is 13.0 Å². The smallest absolute Gasteiger partial charge is 0.375 e. The average molecular weight is 327 g/mol. The highest BCUT2D eigenvalue weighted by atomic mass is 19.1. The lowest BCUT2D eigenvalue weighted by molar-refractivity contribution is -0.123. The SMILES string of the molecule is C[C@H](OC(=O)c1cc2ccccc2o1)C(=O)Nc1ccc(F)cc1. The Balaban J connectivity index is 1.64. The number of ether oxygens (including phenoxy) is 1. The Morgan fingerprint density at radius 3 is 2.54 bits per heavy atom. The second kappa shape index (κ2) is 6.54. The minimum absolute atomic E-state index is 0.0256. The topological polar surface area (TPSA) is 68.5 Å². The maximum Gasteiger partial charge on any atom is 0.375 e. The zero-order valence-electron chi connectivity index (χ0n) is 12.8. The molecule has 3 rings (SSSR count). The first kappa shape index (κ1) is 15.7. The van der Waals surface area contributed by atoms with E-state index in [-0.39, 0.29) is 5.76 Å². The van der Waals surface area contributed by atoms with Crippen LogP contribution in [0.2, 0.25) is 0 Å². The zero-order chi connectivity index (χ0) is 17.1. The minimum Gasteiger partial charge on any atom is -0.449 e. The van der Waals surface area contributed by atoms with E-state index in [1.54, 1.807) is 24.3 Å². The Morgan fingerprint density at radius 1 is 1.12 bits per heavy atom. The number of carbonyl (C=O) groups is 2. The van der Waals surface area contributed by atoms with Crippen LogP contribution < -0.4 is 5.32 Å². The third-order valence-electron chi connectivity index (χ3n) is 3.39. The molecule has 0 saturated carbocycles. The Bertz CT molecular complexity index is 852. The van der Waals surface area contributed by atoms with E-state index in [2.05, 4.69) is 5.32 Å². The summed E-state index contributed by atoms with van der Waals surface area (Å²) < 4.78 is 23.3. The molecule has 0 bridgehead atoms. The van der Waals surface area contributed by atoms with Gasteiger partial charge in [0.25, 0.3) is 5.91 Å². The molecule has 0 aliphatic heterocycles. The largest absolute Gasteiger partial charge is 0.449 e. The first-order valence-electron chi connectivity index (χ1n) is 7.29. The molecule has 0 aliphatic carbocycles. The Kier molecular flexibility index (Phi) is 4.29. The van der Waals surface area contributed by atoms with Crippen molar-refractivity contribution in [1.29, 1.82) is 0 Å². The summed E-state index contributed by atoms with van der Waals surface area (Å²) in [4.78, 5) is 24.1. The molecule has 24 heavy (non-hydrogen) atoms. The molecule has 1 atom stereocenters. The van der Waals surface area contributed by atoms with Crippen LogP contribution >= 0.6 is 0 Å². The Hall–Kier alpha value is -3.15. The minimum atomic E-state index is -1.03. The van der Waals surface area contributed by atoms with Crippen LogP contribution in [0.25, 0.3) is 11.0 Å². The quantitative estimate of drug-likeness (QED) is 0.741. The maximum absolute atomic E-state index is 12.8. The number of benzene rings is 2. The predicted octanol–water partition coefficient (Wildman–Crippen LogP) is 3.76. The average Bonchev–Trinajstić information content (AvgIpc) is 3.01. The highest BCUT2D eigenvalue weighted by Crippen LogP contribution is 2.20. The van der Waals surface area contributed by atoms with Gasteiger partial charge in [-0.05, 0) is 43.3 Å². The molecule has 1 N–H and O–H groups in total. The molecule has 0 unspecified atom stereocenters. The molecule has 1 aromatic heterocycles. The van der Waals surface area contributed by atoms with Crippen molar-refractivity contribution in [1.82, 2.24) is 0 Å². The van der Waals surface area contributed by atoms with Crippen molar-refractivity contribution in [3.8, 4) is 0 Å². The van der Waals surface area contributed by atoms with E-state index in [9.17, 15) is 14.0 Å². The molecule has 3 aromatic rings. The number of hydrogen-bond donors (Lipinski definition) is 1. The van der Waals surface area contributed by atoms with E-state index >= 15 is 0 Å². The molecule has 5 nitrogen and oxygen atoms in total. The molecule has 0 saturated heterocycles. The lowest BCUT2D eigenvalue weighted by Gasteiger charge is -2.12. The second-order valence-corrected chi connectivity index (χ2v) is 5.19. The molecule has 2 aromatic carbocycles. The molecule has 1 amide bonds. The van der Waals surface area contributed by atoms with Crippen molar-refractivity contribution in [3.05, 3.63) is 66.2 Å². The van der Waals surface area contributed by atoms with Crippen molar-refractivity contribution in [2.75, 3.05) is 5.32 Å². The predicted molar refractivity (Wildman–Crippen MR) is 86.1 cm³/mol. The van der Waals surface area contributed by atoms with Gasteiger partial charge in [-0.3, -0.25) is 4.79 Å². The summed E-state index contributed by atoms with van der Waals surface area (Å²) in [7, 11) is 0. The number of esters is 1. The van der Waals surface area contributed by atoms with E-state index < -0.39 is 23.8 Å². The van der Waals surface area contributed by atoms with E-state index in [1.807, 2.05) is 6.07 Å². The number of amides is 1. The summed E-state index contributed by atoms with van der Waals surface area (Å²) in [6, 6.07) is 14.0. The fourth-order valence-electron chi connectivity index (χ4n) is 2.13. The molecular weight excluding hydrogens is 313 g/mol. The van der Waals surface area contributed by atoms with Crippen molar-refractivity contribution in [2.24, 2.45) is 0 Å². The lowest BCUT2D eigenvalue weighted by Crippen LogP contribution is -2.29. The lowest BCUT2D eigenvalue weighted by atomic mass is 10.2. The van der Waals surface area contributed by atoms with Gasteiger partial charge >= 0.3 is 5.97 Å². The van der Waals surface area contributed by atoms with Crippen LogP contribution in [0.3, 0.4) is 0 Å². The Labute approximate surface area is 137 Å². The van der Waals surface area contributed by atoms with Gasteiger partial charge in [0.05, 0.1) is 0 Å². The number of hydrogen-bond acceptors (Lipinski definition) is 4. The van der Waals surface area contributed by atoms with E-state index in [4.69, 9.17) is 9.15 Å². The van der Waals surface area contributed by atoms with Gasteiger partial charge in [0.15, 0.2) is 6.10 Å². The van der Waals surface area contributed by atoms with E-state index in [1.165, 1.54) is 31.2 Å². The van der Waals surface area contributed by atoms with Gasteiger partial charge in [-0.15, -0.1) is 0 Å². The number of furan rings is 1. The summed E-state index contributed by atoms with van der Waals surface area (Å²) in [5.41, 5.74) is 0.973. The number of nitrogens with one attached hydrogen (secondary N) is 1. The monoisotopic (exact) mass is 327 g/mol. The Morgan fingerprint density at radius 2 is 1.83 bits per heavy atom. The first-order chi connectivity index (χ1) is 11.5. The highest BCUT2D eigenvalue weighted by molar-refractivity contribution is 5.97. The van der Waals surface area contributed by atoms with Gasteiger partial charge in [0, 0.05) is 11.1 Å². The molecule has 0 spiro atoms. The molecule has 6 heteroatoms. The van der Waals surface area contributed by atoms with Crippen molar-refractivity contribution < 1.29 is 23.1 Å². The van der Waals surface area contributed by atoms with Crippen LogP contribution in [0.15, 0.2) is 59.0 Å². The molecule has 0 fully saturated rings. The van der Waals surface area contributed by atoms with Crippen LogP contribution in [0.4, 0.5) is 10.1 Å². The standard InChI is InChI=1S/C18H14FNO4/c1-11(17(21)20-14-8-6-13(19)7-9-14)23-18(22)16-10-12-4-2-3-5-15(12)24-16/h2-11H,1H3,(H,20,21)/t11-/m0/s1. The number of carbonyl (C=O) groups excluding carboxylic acids is 2.